The topological polar surface area (TPSA) is 105 Å². The highest BCUT2D eigenvalue weighted by Crippen LogP contribution is 2.40. The van der Waals surface area contributed by atoms with E-state index in [-0.39, 0.29) is 28.6 Å². The number of carbonyl (C=O) groups is 1. The van der Waals surface area contributed by atoms with E-state index in [1.54, 1.807) is 18.2 Å². The molecule has 3 heterocycles. The van der Waals surface area contributed by atoms with Crippen LogP contribution in [-0.4, -0.2) is 47.4 Å². The lowest BCUT2D eigenvalue weighted by molar-refractivity contribution is 0.0905. The first-order valence-electron chi connectivity index (χ1n) is 9.56. The van der Waals surface area contributed by atoms with Gasteiger partial charge in [0.05, 0.1) is 0 Å². The Labute approximate surface area is 164 Å². The second kappa shape index (κ2) is 7.29. The monoisotopic (exact) mass is 404 g/mol. The Bertz CT molecular complexity index is 966. The molecule has 0 aromatic carbocycles. The summed E-state index contributed by atoms with van der Waals surface area (Å²) in [5.41, 5.74) is 1.06. The Morgan fingerprint density at radius 3 is 2.71 bits per heavy atom. The summed E-state index contributed by atoms with van der Waals surface area (Å²) in [7, 11) is -3.60. The van der Waals surface area contributed by atoms with Crippen molar-refractivity contribution in [2.24, 2.45) is 0 Å². The Balaban J connectivity index is 1.39. The zero-order chi connectivity index (χ0) is 19.9. The molecule has 0 radical (unpaired) electrons. The van der Waals surface area contributed by atoms with Crippen LogP contribution < -0.4 is 5.32 Å². The number of aromatic nitrogens is 2. The molecule has 4 rings (SSSR count). The van der Waals surface area contributed by atoms with Crippen LogP contribution in [0.4, 0.5) is 0 Å². The van der Waals surface area contributed by atoms with E-state index in [1.807, 2.05) is 13.8 Å². The van der Waals surface area contributed by atoms with Crippen molar-refractivity contribution in [3.63, 3.8) is 0 Å². The van der Waals surface area contributed by atoms with Gasteiger partial charge in [-0.15, -0.1) is 0 Å². The number of nitrogens with one attached hydrogen (secondary N) is 1. The largest absolute Gasteiger partial charge is 0.360 e. The van der Waals surface area contributed by atoms with Gasteiger partial charge in [-0.25, -0.2) is 8.42 Å². The molecule has 1 N–H and O–H groups in total. The van der Waals surface area contributed by atoms with Crippen molar-refractivity contribution in [3.8, 4) is 0 Å². The summed E-state index contributed by atoms with van der Waals surface area (Å²) < 4.78 is 32.5. The van der Waals surface area contributed by atoms with Crippen LogP contribution in [0, 0.1) is 6.92 Å². The lowest BCUT2D eigenvalue weighted by Crippen LogP contribution is -2.50. The number of rotatable bonds is 5. The van der Waals surface area contributed by atoms with Gasteiger partial charge >= 0.3 is 0 Å². The van der Waals surface area contributed by atoms with E-state index in [1.165, 1.54) is 10.5 Å². The summed E-state index contributed by atoms with van der Waals surface area (Å²) >= 11 is 0. The van der Waals surface area contributed by atoms with Crippen LogP contribution in [0.2, 0.25) is 0 Å². The molecule has 28 heavy (non-hydrogen) atoms. The van der Waals surface area contributed by atoms with Gasteiger partial charge in [-0.1, -0.05) is 5.16 Å². The number of sulfonamides is 1. The SMILES string of the molecule is Cc1ccc(S(=O)(=O)N2CC[C@@H](NC(=O)c3cc(C4CC4)on3)C[C@H]2C)cn1. The van der Waals surface area contributed by atoms with Crippen LogP contribution in [0.1, 0.15) is 60.5 Å². The molecule has 2 aliphatic rings. The highest BCUT2D eigenvalue weighted by atomic mass is 32.2. The molecule has 1 amide bonds. The molecule has 2 atom stereocenters. The minimum atomic E-state index is -3.60. The van der Waals surface area contributed by atoms with E-state index < -0.39 is 10.0 Å². The zero-order valence-electron chi connectivity index (χ0n) is 16.0. The van der Waals surface area contributed by atoms with Crippen molar-refractivity contribution in [2.45, 2.75) is 62.4 Å². The van der Waals surface area contributed by atoms with Gasteiger partial charge in [0, 0.05) is 42.5 Å². The highest BCUT2D eigenvalue weighted by molar-refractivity contribution is 7.89. The maximum atomic E-state index is 12.9. The molecule has 9 heteroatoms. The molecule has 2 aromatic rings. The normalized spacial score (nSPS) is 23.5. The number of aryl methyl sites for hydroxylation is 1. The number of pyridine rings is 1. The van der Waals surface area contributed by atoms with Crippen molar-refractivity contribution in [1.82, 2.24) is 19.8 Å². The summed E-state index contributed by atoms with van der Waals surface area (Å²) in [6, 6.07) is 4.65. The molecule has 150 valence electrons. The van der Waals surface area contributed by atoms with Crippen molar-refractivity contribution in [3.05, 3.63) is 41.5 Å². The Morgan fingerprint density at radius 2 is 2.07 bits per heavy atom. The molecule has 2 fully saturated rings. The van der Waals surface area contributed by atoms with Gasteiger partial charge in [0.25, 0.3) is 5.91 Å². The first-order valence-corrected chi connectivity index (χ1v) is 11.0. The molecular formula is C19H24N4O4S. The minimum absolute atomic E-state index is 0.105. The number of nitrogens with zero attached hydrogens (tertiary/aromatic N) is 3. The fourth-order valence-corrected chi connectivity index (χ4v) is 5.20. The van der Waals surface area contributed by atoms with Crippen molar-refractivity contribution in [1.29, 1.82) is 0 Å². The van der Waals surface area contributed by atoms with Crippen molar-refractivity contribution >= 4 is 15.9 Å². The van der Waals surface area contributed by atoms with Gasteiger partial charge in [0.2, 0.25) is 10.0 Å². The fraction of sp³-hybridized carbons (Fsp3) is 0.526. The predicted molar refractivity (Wildman–Crippen MR) is 101 cm³/mol. The molecule has 1 saturated carbocycles. The Hall–Kier alpha value is -2.26. The summed E-state index contributed by atoms with van der Waals surface area (Å²) in [6.07, 6.45) is 4.64. The van der Waals surface area contributed by atoms with E-state index in [0.717, 1.165) is 24.3 Å². The van der Waals surface area contributed by atoms with Crippen molar-refractivity contribution < 1.29 is 17.7 Å². The number of hydrogen-bond acceptors (Lipinski definition) is 6. The lowest BCUT2D eigenvalue weighted by atomic mass is 10.0. The van der Waals surface area contributed by atoms with Crippen LogP contribution in [0.5, 0.6) is 0 Å². The predicted octanol–water partition coefficient (Wildman–Crippen LogP) is 2.23. The Morgan fingerprint density at radius 1 is 1.29 bits per heavy atom. The molecule has 1 aliphatic heterocycles. The number of piperidine rings is 1. The average Bonchev–Trinajstić information content (AvgIpc) is 3.38. The molecule has 0 bridgehead atoms. The third kappa shape index (κ3) is 3.81. The maximum Gasteiger partial charge on any atom is 0.273 e. The van der Waals surface area contributed by atoms with Crippen LogP contribution >= 0.6 is 0 Å². The fourth-order valence-electron chi connectivity index (χ4n) is 3.60. The zero-order valence-corrected chi connectivity index (χ0v) is 16.8. The van der Waals surface area contributed by atoms with E-state index in [4.69, 9.17) is 4.52 Å². The second-order valence-electron chi connectivity index (χ2n) is 7.68. The molecule has 1 saturated heterocycles. The van der Waals surface area contributed by atoms with Gasteiger partial charge in [0.15, 0.2) is 5.69 Å². The van der Waals surface area contributed by atoms with Gasteiger partial charge in [-0.3, -0.25) is 9.78 Å². The number of carbonyl (C=O) groups excluding carboxylic acids is 1. The van der Waals surface area contributed by atoms with E-state index in [2.05, 4.69) is 15.5 Å². The first-order chi connectivity index (χ1) is 13.3. The van der Waals surface area contributed by atoms with Gasteiger partial charge < -0.3 is 9.84 Å². The first kappa shape index (κ1) is 19.1. The maximum absolute atomic E-state index is 12.9. The highest BCUT2D eigenvalue weighted by Gasteiger charge is 2.36. The molecule has 1 aliphatic carbocycles. The number of amides is 1. The molecule has 0 spiro atoms. The summed E-state index contributed by atoms with van der Waals surface area (Å²) in [4.78, 5) is 16.7. The van der Waals surface area contributed by atoms with Gasteiger partial charge in [0.1, 0.15) is 10.7 Å². The summed E-state index contributed by atoms with van der Waals surface area (Å²) in [6.45, 7) is 4.02. The third-order valence-corrected chi connectivity index (χ3v) is 7.38. The lowest BCUT2D eigenvalue weighted by Gasteiger charge is -2.36. The van der Waals surface area contributed by atoms with E-state index >= 15 is 0 Å². The molecule has 8 nitrogen and oxygen atoms in total. The van der Waals surface area contributed by atoms with Crippen LogP contribution in [0.15, 0.2) is 33.8 Å². The van der Waals surface area contributed by atoms with Crippen LogP contribution in [-0.2, 0) is 10.0 Å². The quantitative estimate of drug-likeness (QED) is 0.819. The number of hydrogen-bond donors (Lipinski definition) is 1. The summed E-state index contributed by atoms with van der Waals surface area (Å²) in [5.74, 6) is 0.900. The van der Waals surface area contributed by atoms with E-state index in [0.29, 0.717) is 25.3 Å². The molecule has 2 aromatic heterocycles. The molecular weight excluding hydrogens is 380 g/mol. The Kier molecular flexibility index (Phi) is 4.96. The summed E-state index contributed by atoms with van der Waals surface area (Å²) in [5, 5.41) is 6.82. The van der Waals surface area contributed by atoms with Gasteiger partial charge in [-0.2, -0.15) is 4.31 Å². The standard InChI is InChI=1S/C19H24N4O4S/c1-12-3-6-16(11-20-12)28(25,26)23-8-7-15(9-13(23)2)21-19(24)17-10-18(27-22-17)14-4-5-14/h3,6,10-11,13-15H,4-5,7-9H2,1-2H3,(H,21,24)/t13-,15-/m1/s1. The van der Waals surface area contributed by atoms with Gasteiger partial charge in [-0.05, 0) is 51.7 Å². The van der Waals surface area contributed by atoms with Crippen LogP contribution in [0.25, 0.3) is 0 Å². The molecule has 0 unspecified atom stereocenters. The minimum Gasteiger partial charge on any atom is -0.360 e. The second-order valence-corrected chi connectivity index (χ2v) is 9.57. The smallest absolute Gasteiger partial charge is 0.273 e. The third-order valence-electron chi connectivity index (χ3n) is 5.38. The van der Waals surface area contributed by atoms with Crippen LogP contribution in [0.3, 0.4) is 0 Å². The van der Waals surface area contributed by atoms with Crippen molar-refractivity contribution in [2.75, 3.05) is 6.54 Å². The van der Waals surface area contributed by atoms with E-state index in [9.17, 15) is 13.2 Å². The average molecular weight is 404 g/mol.